The first kappa shape index (κ1) is 44.9. The Hall–Kier alpha value is 0.880. The molecule has 0 rings (SSSR count). The van der Waals surface area contributed by atoms with E-state index >= 15 is 0 Å². The third-order valence-electron chi connectivity index (χ3n) is 10.6. The molecule has 0 spiro atoms. The highest BCUT2D eigenvalue weighted by atomic mass is 79.9. The second kappa shape index (κ2) is 31.2. The van der Waals surface area contributed by atoms with Crippen LogP contribution in [0.25, 0.3) is 0 Å². The smallest absolute Gasteiger partial charge is 0.144 e. The number of halogens is 2. The van der Waals surface area contributed by atoms with Gasteiger partial charge in [0.1, 0.15) is 9.90 Å². The molecule has 0 radical (unpaired) electrons. The number of hydrogen-bond acceptors (Lipinski definition) is 0. The zero-order valence-corrected chi connectivity index (χ0v) is 34.6. The Labute approximate surface area is 297 Å². The van der Waals surface area contributed by atoms with Crippen LogP contribution >= 0.6 is 31.9 Å². The van der Waals surface area contributed by atoms with Crippen molar-refractivity contribution < 1.29 is 8.97 Å². The molecule has 0 saturated carbocycles. The zero-order valence-electron chi connectivity index (χ0n) is 31.4. The maximum Gasteiger partial charge on any atom is 0.144 e. The predicted octanol–water partition coefficient (Wildman–Crippen LogP) is 14.3. The van der Waals surface area contributed by atoms with Gasteiger partial charge in [-0.1, -0.05) is 144 Å². The van der Waals surface area contributed by atoms with E-state index in [2.05, 4.69) is 73.4 Å². The van der Waals surface area contributed by atoms with Gasteiger partial charge in [0, 0.05) is 12.8 Å². The summed E-state index contributed by atoms with van der Waals surface area (Å²) in [5.74, 6) is 0. The van der Waals surface area contributed by atoms with E-state index in [0.717, 1.165) is 0 Å². The summed E-state index contributed by atoms with van der Waals surface area (Å²) in [7, 11) is 0. The third-order valence-corrected chi connectivity index (χ3v) is 13.2. The Bertz CT molecular complexity index is 490. The number of hydrogen-bond donors (Lipinski definition) is 0. The van der Waals surface area contributed by atoms with Crippen molar-refractivity contribution in [2.75, 3.05) is 39.3 Å². The van der Waals surface area contributed by atoms with Crippen LogP contribution in [-0.2, 0) is 0 Å². The van der Waals surface area contributed by atoms with Crippen LogP contribution in [0.5, 0.6) is 0 Å². The second-order valence-electron chi connectivity index (χ2n) is 14.6. The Balaban J connectivity index is 4.13. The average Bonchev–Trinajstić information content (AvgIpc) is 3.04. The van der Waals surface area contributed by atoms with Crippen molar-refractivity contribution in [3.8, 4) is 0 Å². The molecule has 4 heteroatoms. The van der Waals surface area contributed by atoms with Crippen molar-refractivity contribution in [3.05, 3.63) is 0 Å². The topological polar surface area (TPSA) is 0 Å². The van der Waals surface area contributed by atoms with Gasteiger partial charge in [-0.3, -0.25) is 0 Å². The SMILES string of the molecule is CCCC[N+](CCCC)(CCCC)C(Br)CCCCCCCCCCCCCCC(Br)[N+](CCCC)(CCCC)CCCC. The van der Waals surface area contributed by atoms with Crippen molar-refractivity contribution >= 4 is 31.9 Å². The maximum absolute atomic E-state index is 4.24. The van der Waals surface area contributed by atoms with Crippen LogP contribution in [-0.4, -0.2) is 58.1 Å². The predicted molar refractivity (Wildman–Crippen MR) is 209 cm³/mol. The fourth-order valence-corrected chi connectivity index (χ4v) is 9.17. The molecule has 0 aromatic heterocycles. The van der Waals surface area contributed by atoms with E-state index in [0.29, 0.717) is 9.90 Å². The van der Waals surface area contributed by atoms with E-state index in [4.69, 9.17) is 0 Å². The summed E-state index contributed by atoms with van der Waals surface area (Å²) in [6.45, 7) is 22.4. The number of unbranched alkanes of at least 4 members (excludes halogenated alkanes) is 17. The van der Waals surface area contributed by atoms with Gasteiger partial charge in [-0.2, -0.15) is 0 Å². The van der Waals surface area contributed by atoms with Crippen molar-refractivity contribution in [1.29, 1.82) is 0 Å². The summed E-state index contributed by atoms with van der Waals surface area (Å²) in [6, 6.07) is 0. The minimum absolute atomic E-state index is 0.664. The minimum Gasteiger partial charge on any atom is -0.312 e. The summed E-state index contributed by atoms with van der Waals surface area (Å²) in [6.07, 6.45) is 36.3. The monoisotopic (exact) mass is 750 g/mol. The fraction of sp³-hybridized carbons (Fsp3) is 1.00. The van der Waals surface area contributed by atoms with Gasteiger partial charge >= 0.3 is 0 Å². The molecule has 2 atom stereocenters. The van der Waals surface area contributed by atoms with Crippen molar-refractivity contribution in [3.63, 3.8) is 0 Å². The van der Waals surface area contributed by atoms with Crippen molar-refractivity contribution in [2.24, 2.45) is 0 Å². The maximum atomic E-state index is 4.24. The van der Waals surface area contributed by atoms with Crippen LogP contribution in [0.3, 0.4) is 0 Å². The highest BCUT2D eigenvalue weighted by Crippen LogP contribution is 2.29. The second-order valence-corrected chi connectivity index (χ2v) is 16.7. The first-order valence-electron chi connectivity index (χ1n) is 20.4. The molecular weight excluding hydrogens is 668 g/mol. The molecule has 0 aliphatic rings. The Morgan fingerprint density at radius 3 is 0.659 bits per heavy atom. The van der Waals surface area contributed by atoms with E-state index in [-0.39, 0.29) is 0 Å². The summed E-state index contributed by atoms with van der Waals surface area (Å²) < 4.78 is 2.67. The summed E-state index contributed by atoms with van der Waals surface area (Å²) in [4.78, 5) is 1.33. The molecule has 2 nitrogen and oxygen atoms in total. The van der Waals surface area contributed by atoms with E-state index in [9.17, 15) is 0 Å². The summed E-state index contributed by atoms with van der Waals surface area (Å²) >= 11 is 8.47. The van der Waals surface area contributed by atoms with Gasteiger partial charge in [-0.05, 0) is 83.2 Å². The first-order chi connectivity index (χ1) is 21.4. The number of nitrogens with zero attached hydrogens (tertiary/aromatic N) is 2. The fourth-order valence-electron chi connectivity index (χ4n) is 7.29. The standard InChI is InChI=1S/C40H84Br2N2/c1-7-13-33-43(34-14-8-2,35-15-9-3)39(41)31-29-27-25-23-21-19-20-22-24-26-28-30-32-40(42)44(36-16-10-4,37-17-11-5)38-18-12-6/h39-40H,7-38H2,1-6H3/q+2. The van der Waals surface area contributed by atoms with Crippen molar-refractivity contribution in [1.82, 2.24) is 0 Å². The molecule has 0 saturated heterocycles. The number of quaternary nitrogens is 2. The largest absolute Gasteiger partial charge is 0.312 e. The molecule has 0 N–H and O–H groups in total. The lowest BCUT2D eigenvalue weighted by molar-refractivity contribution is -0.937. The van der Waals surface area contributed by atoms with Crippen molar-refractivity contribution in [2.45, 2.75) is 218 Å². The highest BCUT2D eigenvalue weighted by Gasteiger charge is 2.34. The third kappa shape index (κ3) is 21.0. The van der Waals surface area contributed by atoms with Gasteiger partial charge in [-0.25, -0.2) is 0 Å². The van der Waals surface area contributed by atoms with E-state index in [1.54, 1.807) is 0 Å². The molecule has 44 heavy (non-hydrogen) atoms. The van der Waals surface area contributed by atoms with Crippen LogP contribution in [0.1, 0.15) is 208 Å². The van der Waals surface area contributed by atoms with Gasteiger partial charge in [-0.15, -0.1) is 0 Å². The zero-order chi connectivity index (χ0) is 32.8. The highest BCUT2D eigenvalue weighted by molar-refractivity contribution is 9.09. The van der Waals surface area contributed by atoms with Crippen LogP contribution in [0.15, 0.2) is 0 Å². The summed E-state index contributed by atoms with van der Waals surface area (Å²) in [5, 5.41) is 0. The molecule has 266 valence electrons. The minimum atomic E-state index is 0.664. The van der Waals surface area contributed by atoms with Gasteiger partial charge in [0.15, 0.2) is 0 Å². The number of rotatable bonds is 35. The van der Waals surface area contributed by atoms with Crippen LogP contribution in [0.4, 0.5) is 0 Å². The Kier molecular flexibility index (Phi) is 31.8. The first-order valence-corrected chi connectivity index (χ1v) is 22.2. The Morgan fingerprint density at radius 2 is 0.477 bits per heavy atom. The van der Waals surface area contributed by atoms with Gasteiger partial charge in [0.05, 0.1) is 39.3 Å². The lowest BCUT2D eigenvalue weighted by Crippen LogP contribution is -2.54. The molecule has 2 unspecified atom stereocenters. The number of alkyl halides is 2. The van der Waals surface area contributed by atoms with E-state index in [1.807, 2.05) is 0 Å². The molecule has 0 heterocycles. The normalized spacial score (nSPS) is 13.9. The van der Waals surface area contributed by atoms with Gasteiger partial charge < -0.3 is 8.97 Å². The quantitative estimate of drug-likeness (QED) is 0.0262. The summed E-state index contributed by atoms with van der Waals surface area (Å²) in [5.41, 5.74) is 0. The molecule has 0 aliphatic carbocycles. The van der Waals surface area contributed by atoms with E-state index in [1.165, 1.54) is 215 Å². The average molecular weight is 753 g/mol. The van der Waals surface area contributed by atoms with Crippen LogP contribution < -0.4 is 0 Å². The molecule has 0 fully saturated rings. The lowest BCUT2D eigenvalue weighted by atomic mass is 10.0. The molecule has 0 amide bonds. The molecular formula is C40H84Br2N2+2. The van der Waals surface area contributed by atoms with Gasteiger partial charge in [0.25, 0.3) is 0 Å². The molecule has 0 bridgehead atoms. The molecule has 0 aromatic carbocycles. The lowest BCUT2D eigenvalue weighted by Gasteiger charge is -2.43. The van der Waals surface area contributed by atoms with Crippen LogP contribution in [0.2, 0.25) is 0 Å². The Morgan fingerprint density at radius 1 is 0.295 bits per heavy atom. The van der Waals surface area contributed by atoms with Gasteiger partial charge in [0.2, 0.25) is 0 Å². The molecule has 0 aliphatic heterocycles. The van der Waals surface area contributed by atoms with E-state index < -0.39 is 0 Å². The molecule has 0 aromatic rings. The van der Waals surface area contributed by atoms with Crippen LogP contribution in [0, 0.1) is 0 Å².